The number of nitrogens with one attached hydrogen (secondary N) is 1. The number of hydrogen-bond acceptors (Lipinski definition) is 4. The predicted octanol–water partition coefficient (Wildman–Crippen LogP) is 5.66. The summed E-state index contributed by atoms with van der Waals surface area (Å²) in [7, 11) is 0. The largest absolute Gasteiger partial charge is 0.444 e. The lowest BCUT2D eigenvalue weighted by molar-refractivity contribution is 0.0221. The van der Waals surface area contributed by atoms with Crippen molar-refractivity contribution >= 4 is 17.1 Å². The molecule has 3 aromatic heterocycles. The van der Waals surface area contributed by atoms with Gasteiger partial charge in [-0.05, 0) is 70.7 Å². The van der Waals surface area contributed by atoms with Crippen LogP contribution < -0.4 is 0 Å². The molecule has 1 amide bonds. The van der Waals surface area contributed by atoms with Crippen molar-refractivity contribution < 1.29 is 9.53 Å². The fraction of sp³-hybridized carbons (Fsp3) is 0.480. The van der Waals surface area contributed by atoms with Gasteiger partial charge in [0.1, 0.15) is 5.60 Å². The molecule has 6 heteroatoms. The van der Waals surface area contributed by atoms with Crippen molar-refractivity contribution in [2.24, 2.45) is 0 Å². The Morgan fingerprint density at radius 2 is 1.81 bits per heavy atom. The summed E-state index contributed by atoms with van der Waals surface area (Å²) in [5.41, 5.74) is 9.14. The van der Waals surface area contributed by atoms with Crippen molar-refractivity contribution in [1.82, 2.24) is 19.9 Å². The Balaban J connectivity index is 1.77. The summed E-state index contributed by atoms with van der Waals surface area (Å²) >= 11 is 0. The number of rotatable bonds is 2. The summed E-state index contributed by atoms with van der Waals surface area (Å²) in [6.45, 7) is 15.2. The van der Waals surface area contributed by atoms with E-state index < -0.39 is 5.60 Å². The van der Waals surface area contributed by atoms with Crippen molar-refractivity contribution in [1.29, 1.82) is 0 Å². The second-order valence-electron chi connectivity index (χ2n) is 9.85. The van der Waals surface area contributed by atoms with Gasteiger partial charge in [-0.15, -0.1) is 0 Å². The normalized spacial score (nSPS) is 14.3. The molecule has 0 aromatic carbocycles. The Morgan fingerprint density at radius 1 is 1.13 bits per heavy atom. The van der Waals surface area contributed by atoms with Crippen LogP contribution in [0.25, 0.3) is 22.3 Å². The van der Waals surface area contributed by atoms with Gasteiger partial charge in [-0.2, -0.15) is 0 Å². The minimum Gasteiger partial charge on any atom is -0.444 e. The number of fused-ring (bicyclic) bond motifs is 2. The van der Waals surface area contributed by atoms with Crippen molar-refractivity contribution in [3.8, 4) is 11.3 Å². The average molecular weight is 421 g/mol. The first-order chi connectivity index (χ1) is 14.5. The summed E-state index contributed by atoms with van der Waals surface area (Å²) in [4.78, 5) is 27.6. The summed E-state index contributed by atoms with van der Waals surface area (Å²) in [5, 5.41) is 0. The second kappa shape index (κ2) is 7.66. The van der Waals surface area contributed by atoms with E-state index in [-0.39, 0.29) is 6.09 Å². The molecule has 0 spiro atoms. The molecule has 0 bridgehead atoms. The minimum absolute atomic E-state index is 0.276. The number of aromatic nitrogens is 3. The Labute approximate surface area is 184 Å². The van der Waals surface area contributed by atoms with Gasteiger partial charge in [-0.3, -0.25) is 4.98 Å². The van der Waals surface area contributed by atoms with Crippen molar-refractivity contribution in [3.63, 3.8) is 0 Å². The van der Waals surface area contributed by atoms with Crippen LogP contribution in [-0.4, -0.2) is 38.1 Å². The Bertz CT molecular complexity index is 1130. The number of ether oxygens (including phenoxy) is 1. The van der Waals surface area contributed by atoms with Crippen LogP contribution in [0.15, 0.2) is 18.2 Å². The van der Waals surface area contributed by atoms with Crippen LogP contribution >= 0.6 is 0 Å². The van der Waals surface area contributed by atoms with Crippen LogP contribution in [-0.2, 0) is 17.7 Å². The molecule has 6 nitrogen and oxygen atoms in total. The maximum Gasteiger partial charge on any atom is 0.410 e. The lowest BCUT2D eigenvalue weighted by Gasteiger charge is -2.30. The first-order valence-electron chi connectivity index (χ1n) is 11.0. The predicted molar refractivity (Wildman–Crippen MR) is 123 cm³/mol. The molecule has 3 aromatic rings. The van der Waals surface area contributed by atoms with Crippen LogP contribution in [0, 0.1) is 13.8 Å². The van der Waals surface area contributed by atoms with Gasteiger partial charge in [0, 0.05) is 29.1 Å². The van der Waals surface area contributed by atoms with Crippen LogP contribution in [0.5, 0.6) is 0 Å². The van der Waals surface area contributed by atoms with Gasteiger partial charge in [0.25, 0.3) is 0 Å². The maximum atomic E-state index is 12.6. The van der Waals surface area contributed by atoms with Gasteiger partial charge in [-0.1, -0.05) is 13.8 Å². The van der Waals surface area contributed by atoms with Gasteiger partial charge in [0.15, 0.2) is 0 Å². The highest BCUT2D eigenvalue weighted by atomic mass is 16.6. The highest BCUT2D eigenvalue weighted by Crippen LogP contribution is 2.36. The summed E-state index contributed by atoms with van der Waals surface area (Å²) in [6, 6.07) is 6.45. The van der Waals surface area contributed by atoms with Gasteiger partial charge >= 0.3 is 6.09 Å². The number of amides is 1. The van der Waals surface area contributed by atoms with Gasteiger partial charge in [0.2, 0.25) is 0 Å². The van der Waals surface area contributed by atoms with E-state index in [9.17, 15) is 4.79 Å². The third-order valence-electron chi connectivity index (χ3n) is 5.57. The molecule has 31 heavy (non-hydrogen) atoms. The molecular weight excluding hydrogens is 388 g/mol. The Kier molecular flexibility index (Phi) is 5.28. The minimum atomic E-state index is -0.504. The van der Waals surface area contributed by atoms with E-state index in [4.69, 9.17) is 9.72 Å². The number of hydrogen-bond donors (Lipinski definition) is 1. The van der Waals surface area contributed by atoms with E-state index in [1.165, 1.54) is 11.1 Å². The molecule has 0 radical (unpaired) electrons. The van der Waals surface area contributed by atoms with E-state index >= 15 is 0 Å². The number of carbonyl (C=O) groups is 1. The SMILES string of the molecule is Cc1cc(-c2[nH]c3cc4c(nc3c2C(C)C)CN(C(=O)OC(C)(C)C)CC4)cc(C)n1. The number of carbonyl (C=O) groups excluding carboxylic acids is 1. The highest BCUT2D eigenvalue weighted by molar-refractivity contribution is 5.89. The van der Waals surface area contributed by atoms with Crippen molar-refractivity contribution in [2.45, 2.75) is 73.0 Å². The first kappa shape index (κ1) is 21.3. The average Bonchev–Trinajstić information content (AvgIpc) is 3.02. The number of pyridine rings is 2. The zero-order valence-corrected chi connectivity index (χ0v) is 19.6. The third kappa shape index (κ3) is 4.29. The van der Waals surface area contributed by atoms with E-state index in [2.05, 4.69) is 42.0 Å². The molecule has 0 saturated heterocycles. The monoisotopic (exact) mass is 420 g/mol. The molecule has 4 heterocycles. The number of nitrogens with zero attached hydrogens (tertiary/aromatic N) is 3. The lowest BCUT2D eigenvalue weighted by atomic mass is 9.97. The maximum absolute atomic E-state index is 12.6. The molecule has 1 aliphatic rings. The Hall–Kier alpha value is -2.89. The van der Waals surface area contributed by atoms with E-state index in [1.54, 1.807) is 4.90 Å². The zero-order chi connectivity index (χ0) is 22.5. The van der Waals surface area contributed by atoms with Crippen molar-refractivity contribution in [2.75, 3.05) is 6.54 Å². The molecule has 0 unspecified atom stereocenters. The molecule has 0 atom stereocenters. The van der Waals surface area contributed by atoms with E-state index in [0.717, 1.165) is 45.8 Å². The molecule has 1 aliphatic heterocycles. The zero-order valence-electron chi connectivity index (χ0n) is 19.6. The van der Waals surface area contributed by atoms with Crippen LogP contribution in [0.1, 0.15) is 68.7 Å². The summed E-state index contributed by atoms with van der Waals surface area (Å²) in [5.74, 6) is 0.300. The molecule has 0 fully saturated rings. The molecule has 4 rings (SSSR count). The number of H-pyrrole nitrogens is 1. The molecule has 1 N–H and O–H groups in total. The highest BCUT2D eigenvalue weighted by Gasteiger charge is 2.28. The van der Waals surface area contributed by atoms with Gasteiger partial charge in [-0.25, -0.2) is 9.78 Å². The summed E-state index contributed by atoms with van der Waals surface area (Å²) < 4.78 is 5.57. The third-order valence-corrected chi connectivity index (χ3v) is 5.57. The van der Waals surface area contributed by atoms with Crippen LogP contribution in [0.2, 0.25) is 0 Å². The standard InChI is InChI=1S/C25H32N4O2/c1-14(2)21-22(18-10-15(3)26-16(4)11-18)27-19-12-17-8-9-29(13-20(17)28-23(19)21)24(30)31-25(5,6)7/h10-12,14,27H,8-9,13H2,1-7H3. The number of aryl methyl sites for hydroxylation is 2. The van der Waals surface area contributed by atoms with Gasteiger partial charge in [0.05, 0.1) is 29.0 Å². The molecule has 164 valence electrons. The van der Waals surface area contributed by atoms with Gasteiger partial charge < -0.3 is 14.6 Å². The fourth-order valence-electron chi connectivity index (χ4n) is 4.33. The smallest absolute Gasteiger partial charge is 0.410 e. The second-order valence-corrected chi connectivity index (χ2v) is 9.85. The fourth-order valence-corrected chi connectivity index (χ4v) is 4.33. The lowest BCUT2D eigenvalue weighted by Crippen LogP contribution is -2.40. The van der Waals surface area contributed by atoms with Crippen molar-refractivity contribution in [3.05, 3.63) is 46.4 Å². The molecule has 0 saturated carbocycles. The molecular formula is C25H32N4O2. The van der Waals surface area contributed by atoms with Crippen LogP contribution in [0.4, 0.5) is 4.79 Å². The topological polar surface area (TPSA) is 71.1 Å². The van der Waals surface area contributed by atoms with E-state index in [1.807, 2.05) is 34.6 Å². The van der Waals surface area contributed by atoms with E-state index in [0.29, 0.717) is 19.0 Å². The van der Waals surface area contributed by atoms with Crippen LogP contribution in [0.3, 0.4) is 0 Å². The molecule has 0 aliphatic carbocycles. The number of aromatic amines is 1. The first-order valence-corrected chi connectivity index (χ1v) is 11.0. The quantitative estimate of drug-likeness (QED) is 0.581. The Morgan fingerprint density at radius 3 is 2.42 bits per heavy atom. The summed E-state index contributed by atoms with van der Waals surface area (Å²) in [6.07, 6.45) is 0.498.